The van der Waals surface area contributed by atoms with Crippen molar-refractivity contribution >= 4 is 35.0 Å². The lowest BCUT2D eigenvalue weighted by atomic mass is 10.0. The van der Waals surface area contributed by atoms with Gasteiger partial charge in [-0.3, -0.25) is 4.79 Å². The molecular formula is C13H10Cl2O3. The van der Waals surface area contributed by atoms with Crippen molar-refractivity contribution < 1.29 is 14.3 Å². The number of ether oxygens (including phenoxy) is 1. The Bertz CT molecular complexity index is 535. The van der Waals surface area contributed by atoms with Crippen molar-refractivity contribution in [3.63, 3.8) is 0 Å². The minimum atomic E-state index is -0.594. The second-order valence-electron chi connectivity index (χ2n) is 3.88. The average Bonchev–Trinajstić information content (AvgIpc) is 2.35. The molecule has 0 heterocycles. The van der Waals surface area contributed by atoms with Crippen LogP contribution in [0.25, 0.3) is 0 Å². The largest absolute Gasteiger partial charge is 0.426 e. The van der Waals surface area contributed by atoms with Crippen molar-refractivity contribution in [2.75, 3.05) is 0 Å². The summed E-state index contributed by atoms with van der Waals surface area (Å²) >= 11 is 11.7. The van der Waals surface area contributed by atoms with Crippen LogP contribution in [0.2, 0.25) is 5.02 Å². The van der Waals surface area contributed by atoms with Crippen LogP contribution in [-0.4, -0.2) is 11.8 Å². The number of carbonyl (C=O) groups is 2. The number of hydrogen-bond acceptors (Lipinski definition) is 3. The number of rotatable bonds is 2. The van der Waals surface area contributed by atoms with Gasteiger partial charge in [-0.1, -0.05) is 35.3 Å². The van der Waals surface area contributed by atoms with E-state index in [0.29, 0.717) is 24.3 Å². The van der Waals surface area contributed by atoms with Crippen LogP contribution in [0, 0.1) is 0 Å². The predicted octanol–water partition coefficient (Wildman–Crippen LogP) is 3.70. The van der Waals surface area contributed by atoms with E-state index in [-0.39, 0.29) is 22.1 Å². The van der Waals surface area contributed by atoms with Crippen molar-refractivity contribution in [1.82, 2.24) is 0 Å². The molecule has 0 saturated carbocycles. The van der Waals surface area contributed by atoms with Crippen molar-refractivity contribution in [3.8, 4) is 0 Å². The van der Waals surface area contributed by atoms with Gasteiger partial charge in [0.2, 0.25) is 0 Å². The van der Waals surface area contributed by atoms with Crippen LogP contribution in [0.3, 0.4) is 0 Å². The maximum atomic E-state index is 11.9. The van der Waals surface area contributed by atoms with Gasteiger partial charge in [0.15, 0.2) is 5.78 Å². The molecule has 0 unspecified atom stereocenters. The van der Waals surface area contributed by atoms with Crippen LogP contribution in [0.15, 0.2) is 35.1 Å². The molecule has 0 aliphatic heterocycles. The molecule has 18 heavy (non-hydrogen) atoms. The van der Waals surface area contributed by atoms with Gasteiger partial charge < -0.3 is 4.74 Å². The summed E-state index contributed by atoms with van der Waals surface area (Å²) < 4.78 is 5.14. The Morgan fingerprint density at radius 2 is 1.89 bits per heavy atom. The number of allylic oxidation sites excluding steroid dienone is 2. The first-order valence-corrected chi connectivity index (χ1v) is 6.23. The fourth-order valence-electron chi connectivity index (χ4n) is 1.67. The van der Waals surface area contributed by atoms with E-state index in [1.807, 2.05) is 0 Å². The summed E-state index contributed by atoms with van der Waals surface area (Å²) in [4.78, 5) is 23.3. The molecule has 94 valence electrons. The molecule has 1 aromatic rings. The van der Waals surface area contributed by atoms with Gasteiger partial charge in [0, 0.05) is 12.8 Å². The number of hydrogen-bond donors (Lipinski definition) is 0. The predicted molar refractivity (Wildman–Crippen MR) is 68.6 cm³/mol. The number of benzene rings is 1. The molecule has 0 spiro atoms. The van der Waals surface area contributed by atoms with E-state index in [0.717, 1.165) is 0 Å². The first kappa shape index (κ1) is 13.1. The summed E-state index contributed by atoms with van der Waals surface area (Å²) in [7, 11) is 0. The van der Waals surface area contributed by atoms with E-state index < -0.39 is 5.97 Å². The van der Waals surface area contributed by atoms with Crippen LogP contribution in [0.5, 0.6) is 0 Å². The third kappa shape index (κ3) is 2.74. The molecule has 1 aromatic carbocycles. The van der Waals surface area contributed by atoms with E-state index in [2.05, 4.69) is 0 Å². The van der Waals surface area contributed by atoms with E-state index in [4.69, 9.17) is 27.9 Å². The van der Waals surface area contributed by atoms with Crippen LogP contribution < -0.4 is 0 Å². The fourth-order valence-corrected chi connectivity index (χ4v) is 2.11. The summed E-state index contributed by atoms with van der Waals surface area (Å²) in [5.41, 5.74) is 0.258. The molecule has 0 bridgehead atoms. The molecule has 0 saturated heterocycles. The second kappa shape index (κ2) is 5.55. The molecule has 0 radical (unpaired) electrons. The van der Waals surface area contributed by atoms with Crippen molar-refractivity contribution in [1.29, 1.82) is 0 Å². The van der Waals surface area contributed by atoms with E-state index in [9.17, 15) is 9.59 Å². The minimum Gasteiger partial charge on any atom is -0.426 e. The zero-order valence-corrected chi connectivity index (χ0v) is 10.9. The summed E-state index contributed by atoms with van der Waals surface area (Å²) in [5, 5.41) is 0.322. The maximum absolute atomic E-state index is 11.9. The Labute approximate surface area is 114 Å². The van der Waals surface area contributed by atoms with Crippen molar-refractivity contribution in [3.05, 3.63) is 45.6 Å². The number of carbonyl (C=O) groups excluding carboxylic acids is 2. The van der Waals surface area contributed by atoms with Gasteiger partial charge in [-0.25, -0.2) is 4.79 Å². The van der Waals surface area contributed by atoms with Crippen LogP contribution in [0.4, 0.5) is 0 Å². The van der Waals surface area contributed by atoms with Gasteiger partial charge in [0.1, 0.15) is 10.8 Å². The molecule has 0 aromatic heterocycles. The zero-order valence-electron chi connectivity index (χ0n) is 9.41. The van der Waals surface area contributed by atoms with Crippen LogP contribution in [-0.2, 0) is 9.53 Å². The smallest absolute Gasteiger partial charge is 0.344 e. The highest BCUT2D eigenvalue weighted by Crippen LogP contribution is 2.27. The van der Waals surface area contributed by atoms with E-state index in [1.54, 1.807) is 24.3 Å². The average molecular weight is 285 g/mol. The minimum absolute atomic E-state index is 0.0154. The van der Waals surface area contributed by atoms with Gasteiger partial charge in [-0.15, -0.1) is 0 Å². The van der Waals surface area contributed by atoms with E-state index in [1.165, 1.54) is 0 Å². The standard InChI is InChI=1S/C13H10Cl2O3/c14-9-5-2-1-4-8(9)13(17)18-11-7-3-6-10(16)12(11)15/h1-2,4-5H,3,6-7H2. The number of ketones is 1. The highest BCUT2D eigenvalue weighted by molar-refractivity contribution is 6.43. The molecule has 0 N–H and O–H groups in total. The highest BCUT2D eigenvalue weighted by atomic mass is 35.5. The molecule has 3 nitrogen and oxygen atoms in total. The van der Waals surface area contributed by atoms with Crippen molar-refractivity contribution in [2.45, 2.75) is 19.3 Å². The molecule has 0 fully saturated rings. The Morgan fingerprint density at radius 3 is 2.61 bits per heavy atom. The Balaban J connectivity index is 2.20. The second-order valence-corrected chi connectivity index (χ2v) is 4.67. The normalized spacial score (nSPS) is 15.8. The third-order valence-electron chi connectivity index (χ3n) is 2.61. The zero-order chi connectivity index (χ0) is 13.1. The molecular weight excluding hydrogens is 275 g/mol. The summed E-state index contributed by atoms with van der Waals surface area (Å²) in [6.45, 7) is 0. The lowest BCUT2D eigenvalue weighted by Crippen LogP contribution is -2.13. The topological polar surface area (TPSA) is 43.4 Å². The molecule has 5 heteroatoms. The first-order chi connectivity index (χ1) is 8.59. The molecule has 2 rings (SSSR count). The van der Waals surface area contributed by atoms with Crippen LogP contribution >= 0.6 is 23.2 Å². The van der Waals surface area contributed by atoms with Crippen molar-refractivity contribution in [2.24, 2.45) is 0 Å². The SMILES string of the molecule is O=C1CCCC(OC(=O)c2ccccc2Cl)=C1Cl. The molecule has 1 aliphatic rings. The van der Waals surface area contributed by atoms with E-state index >= 15 is 0 Å². The van der Waals surface area contributed by atoms with Crippen LogP contribution in [0.1, 0.15) is 29.6 Å². The Morgan fingerprint density at radius 1 is 1.17 bits per heavy atom. The van der Waals surface area contributed by atoms with Gasteiger partial charge in [0.25, 0.3) is 0 Å². The lowest BCUT2D eigenvalue weighted by Gasteiger charge is -2.15. The van der Waals surface area contributed by atoms with Gasteiger partial charge in [-0.05, 0) is 18.6 Å². The summed E-state index contributed by atoms with van der Waals surface area (Å²) in [5.74, 6) is -0.550. The van der Waals surface area contributed by atoms with Gasteiger partial charge >= 0.3 is 5.97 Å². The Kier molecular flexibility index (Phi) is 4.04. The number of halogens is 2. The Hall–Kier alpha value is -1.32. The maximum Gasteiger partial charge on any atom is 0.344 e. The highest BCUT2D eigenvalue weighted by Gasteiger charge is 2.23. The number of Topliss-reactive ketones (excluding diaryl/α,β-unsaturated/α-hetero) is 1. The lowest BCUT2D eigenvalue weighted by molar-refractivity contribution is -0.115. The molecule has 1 aliphatic carbocycles. The van der Waals surface area contributed by atoms with Gasteiger partial charge in [-0.2, -0.15) is 0 Å². The number of esters is 1. The molecule has 0 atom stereocenters. The fraction of sp³-hybridized carbons (Fsp3) is 0.231. The third-order valence-corrected chi connectivity index (χ3v) is 3.36. The van der Waals surface area contributed by atoms with Gasteiger partial charge in [0.05, 0.1) is 10.6 Å². The first-order valence-electron chi connectivity index (χ1n) is 5.48. The quantitative estimate of drug-likeness (QED) is 0.778. The summed E-state index contributed by atoms with van der Waals surface area (Å²) in [6.07, 6.45) is 1.52. The summed E-state index contributed by atoms with van der Waals surface area (Å²) in [6, 6.07) is 6.56. The molecule has 0 amide bonds. The monoisotopic (exact) mass is 284 g/mol.